The Labute approximate surface area is 112 Å². The van der Waals surface area contributed by atoms with Gasteiger partial charge in [0.05, 0.1) is 6.10 Å². The molecule has 1 nitrogen and oxygen atoms in total. The highest BCUT2D eigenvalue weighted by Crippen LogP contribution is 2.38. The Hall–Kier alpha value is -1.03. The van der Waals surface area contributed by atoms with E-state index in [1.165, 1.54) is 0 Å². The highest BCUT2D eigenvalue weighted by Gasteiger charge is 2.38. The first-order valence-electron chi connectivity index (χ1n) is 6.66. The predicted molar refractivity (Wildman–Crippen MR) is 70.0 cm³/mol. The molecular formula is C15H21F3O. The number of hydrogen-bond donors (Lipinski definition) is 1. The average molecular weight is 274 g/mol. The van der Waals surface area contributed by atoms with Crippen molar-refractivity contribution in [3.8, 4) is 0 Å². The molecule has 0 saturated carbocycles. The minimum atomic E-state index is -4.22. The molecule has 0 radical (unpaired) electrons. The topological polar surface area (TPSA) is 20.2 Å². The molecule has 0 aliphatic carbocycles. The second kappa shape index (κ2) is 6.42. The smallest absolute Gasteiger partial charge is 0.389 e. The quantitative estimate of drug-likeness (QED) is 0.812. The Balaban J connectivity index is 2.93. The summed E-state index contributed by atoms with van der Waals surface area (Å²) in [6.45, 7) is 3.82. The molecule has 4 heteroatoms. The van der Waals surface area contributed by atoms with Gasteiger partial charge in [0, 0.05) is 11.8 Å². The van der Waals surface area contributed by atoms with Gasteiger partial charge in [-0.3, -0.25) is 0 Å². The van der Waals surface area contributed by atoms with Crippen molar-refractivity contribution in [1.82, 2.24) is 0 Å². The van der Waals surface area contributed by atoms with Gasteiger partial charge in [0.1, 0.15) is 0 Å². The lowest BCUT2D eigenvalue weighted by Crippen LogP contribution is -2.39. The summed E-state index contributed by atoms with van der Waals surface area (Å²) >= 11 is 0. The van der Waals surface area contributed by atoms with Crippen molar-refractivity contribution in [3.05, 3.63) is 35.9 Å². The van der Waals surface area contributed by atoms with E-state index in [0.29, 0.717) is 12.8 Å². The molecule has 0 aromatic heterocycles. The number of halogens is 3. The number of hydrogen-bond acceptors (Lipinski definition) is 1. The van der Waals surface area contributed by atoms with E-state index >= 15 is 0 Å². The van der Waals surface area contributed by atoms with Crippen LogP contribution in [0.1, 0.15) is 45.1 Å². The molecular weight excluding hydrogens is 253 g/mol. The lowest BCUT2D eigenvalue weighted by molar-refractivity contribution is -0.142. The van der Waals surface area contributed by atoms with Crippen molar-refractivity contribution < 1.29 is 18.3 Å². The second-order valence-electron chi connectivity index (χ2n) is 4.90. The van der Waals surface area contributed by atoms with E-state index in [1.54, 1.807) is 0 Å². The van der Waals surface area contributed by atoms with E-state index in [2.05, 4.69) is 0 Å². The molecule has 0 bridgehead atoms. The number of aliphatic hydroxyl groups is 1. The van der Waals surface area contributed by atoms with E-state index in [9.17, 15) is 18.3 Å². The van der Waals surface area contributed by atoms with Gasteiger partial charge in [-0.2, -0.15) is 13.2 Å². The van der Waals surface area contributed by atoms with Crippen LogP contribution in [0.25, 0.3) is 0 Å². The Kier molecular flexibility index (Phi) is 5.41. The Bertz CT molecular complexity index is 369. The van der Waals surface area contributed by atoms with Crippen LogP contribution in [0, 0.1) is 0 Å². The molecule has 108 valence electrons. The zero-order chi connectivity index (χ0) is 14.5. The van der Waals surface area contributed by atoms with Gasteiger partial charge >= 0.3 is 6.18 Å². The average Bonchev–Trinajstić information content (AvgIpc) is 2.39. The third kappa shape index (κ3) is 3.96. The summed E-state index contributed by atoms with van der Waals surface area (Å²) in [5.41, 5.74) is 0.321. The Morgan fingerprint density at radius 2 is 1.58 bits per heavy atom. The van der Waals surface area contributed by atoms with Crippen molar-refractivity contribution in [2.75, 3.05) is 0 Å². The van der Waals surface area contributed by atoms with Crippen LogP contribution in [-0.2, 0) is 5.41 Å². The second-order valence-corrected chi connectivity index (χ2v) is 4.90. The summed E-state index contributed by atoms with van der Waals surface area (Å²) in [5, 5.41) is 10.3. The minimum absolute atomic E-state index is 0.250. The molecule has 0 spiro atoms. The molecule has 1 rings (SSSR count). The van der Waals surface area contributed by atoms with Crippen LogP contribution in [0.2, 0.25) is 0 Å². The normalized spacial score (nSPS) is 14.4. The van der Waals surface area contributed by atoms with E-state index in [1.807, 2.05) is 44.2 Å². The third-order valence-electron chi connectivity index (χ3n) is 3.95. The van der Waals surface area contributed by atoms with Crippen LogP contribution in [0.4, 0.5) is 13.2 Å². The fraction of sp³-hybridized carbons (Fsp3) is 0.600. The van der Waals surface area contributed by atoms with Crippen LogP contribution in [0.5, 0.6) is 0 Å². The number of aliphatic hydroxyl groups excluding tert-OH is 1. The molecule has 0 aliphatic heterocycles. The van der Waals surface area contributed by atoms with Crippen LogP contribution >= 0.6 is 0 Å². The summed E-state index contributed by atoms with van der Waals surface area (Å²) in [5.74, 6) is 0. The summed E-state index contributed by atoms with van der Waals surface area (Å²) in [6, 6.07) is 9.33. The van der Waals surface area contributed by atoms with E-state index < -0.39 is 24.1 Å². The molecule has 1 unspecified atom stereocenters. The highest BCUT2D eigenvalue weighted by atomic mass is 19.4. The van der Waals surface area contributed by atoms with Gasteiger partial charge in [0.2, 0.25) is 0 Å². The van der Waals surface area contributed by atoms with Crippen LogP contribution in [-0.4, -0.2) is 17.4 Å². The lowest BCUT2D eigenvalue weighted by atomic mass is 9.70. The lowest BCUT2D eigenvalue weighted by Gasteiger charge is -2.37. The first-order valence-corrected chi connectivity index (χ1v) is 6.66. The van der Waals surface area contributed by atoms with Gasteiger partial charge in [-0.25, -0.2) is 0 Å². The molecule has 19 heavy (non-hydrogen) atoms. The van der Waals surface area contributed by atoms with Gasteiger partial charge < -0.3 is 5.11 Å². The molecule has 1 aromatic rings. The number of rotatable bonds is 6. The summed E-state index contributed by atoms with van der Waals surface area (Å²) in [6.07, 6.45) is -5.15. The number of benzene rings is 1. The highest BCUT2D eigenvalue weighted by molar-refractivity contribution is 5.26. The first kappa shape index (κ1) is 16.0. The zero-order valence-electron chi connectivity index (χ0n) is 11.4. The van der Waals surface area contributed by atoms with E-state index in [4.69, 9.17) is 0 Å². The first-order chi connectivity index (χ1) is 8.85. The molecule has 0 heterocycles. The standard InChI is InChI=1S/C15H21F3O/c1-3-14(4-2,12-8-6-5-7-9-12)13(19)10-11-15(16,17)18/h5-9,13,19H,3-4,10-11H2,1-2H3. The summed E-state index contributed by atoms with van der Waals surface area (Å²) < 4.78 is 36.9. The summed E-state index contributed by atoms with van der Waals surface area (Å²) in [4.78, 5) is 0. The van der Waals surface area contributed by atoms with Gasteiger partial charge in [0.25, 0.3) is 0 Å². The largest absolute Gasteiger partial charge is 0.392 e. The maximum Gasteiger partial charge on any atom is 0.389 e. The minimum Gasteiger partial charge on any atom is -0.392 e. The van der Waals surface area contributed by atoms with Crippen molar-refractivity contribution in [1.29, 1.82) is 0 Å². The van der Waals surface area contributed by atoms with Crippen molar-refractivity contribution in [3.63, 3.8) is 0 Å². The van der Waals surface area contributed by atoms with Crippen LogP contribution < -0.4 is 0 Å². The van der Waals surface area contributed by atoms with Crippen molar-refractivity contribution >= 4 is 0 Å². The molecule has 0 saturated heterocycles. The van der Waals surface area contributed by atoms with Gasteiger partial charge in [-0.15, -0.1) is 0 Å². The maximum atomic E-state index is 12.3. The fourth-order valence-electron chi connectivity index (χ4n) is 2.67. The monoisotopic (exact) mass is 274 g/mol. The van der Waals surface area contributed by atoms with Crippen LogP contribution in [0.3, 0.4) is 0 Å². The van der Waals surface area contributed by atoms with Crippen molar-refractivity contribution in [2.45, 2.75) is 57.2 Å². The molecule has 1 N–H and O–H groups in total. The number of alkyl halides is 3. The Morgan fingerprint density at radius 3 is 2.00 bits per heavy atom. The van der Waals surface area contributed by atoms with Gasteiger partial charge in [-0.05, 0) is 24.8 Å². The van der Waals surface area contributed by atoms with E-state index in [0.717, 1.165) is 5.56 Å². The summed E-state index contributed by atoms with van der Waals surface area (Å²) in [7, 11) is 0. The van der Waals surface area contributed by atoms with Gasteiger partial charge in [0.15, 0.2) is 0 Å². The van der Waals surface area contributed by atoms with Crippen LogP contribution in [0.15, 0.2) is 30.3 Å². The Morgan fingerprint density at radius 1 is 1.05 bits per heavy atom. The zero-order valence-corrected chi connectivity index (χ0v) is 11.4. The van der Waals surface area contributed by atoms with E-state index in [-0.39, 0.29) is 6.42 Å². The SMILES string of the molecule is CCC(CC)(c1ccccc1)C(O)CCC(F)(F)F. The third-order valence-corrected chi connectivity index (χ3v) is 3.95. The van der Waals surface area contributed by atoms with Crippen molar-refractivity contribution in [2.24, 2.45) is 0 Å². The molecule has 0 fully saturated rings. The predicted octanol–water partition coefficient (Wildman–Crippen LogP) is 4.45. The fourth-order valence-corrected chi connectivity index (χ4v) is 2.67. The molecule has 0 aliphatic rings. The maximum absolute atomic E-state index is 12.3. The van der Waals surface area contributed by atoms with Gasteiger partial charge in [-0.1, -0.05) is 44.2 Å². The molecule has 0 amide bonds. The molecule has 1 aromatic carbocycles. The molecule has 1 atom stereocenters.